The van der Waals surface area contributed by atoms with Crippen molar-refractivity contribution in [2.24, 2.45) is 11.0 Å². The van der Waals surface area contributed by atoms with Crippen LogP contribution in [0.3, 0.4) is 0 Å². The number of azide groups is 1. The molecule has 1 aromatic rings. The molecule has 4 heteroatoms. The largest absolute Gasteiger partial charge is 0.294 e. The second-order valence-electron chi connectivity index (χ2n) is 4.81. The molecule has 1 aliphatic carbocycles. The van der Waals surface area contributed by atoms with Crippen molar-refractivity contribution in [3.8, 4) is 0 Å². The van der Waals surface area contributed by atoms with Gasteiger partial charge in [-0.15, -0.1) is 0 Å². The summed E-state index contributed by atoms with van der Waals surface area (Å²) in [6.45, 7) is 0. The molecule has 94 valence electrons. The summed E-state index contributed by atoms with van der Waals surface area (Å²) in [7, 11) is 0. The highest BCUT2D eigenvalue weighted by Crippen LogP contribution is 2.30. The standard InChI is InChI=1S/C14H17N3O/c15-17-16-13-9-5-4-8-12(13)10-14(18)11-6-2-1-3-7-11/h1-3,6-7,12-13H,4-5,8-10H2. The highest BCUT2D eigenvalue weighted by molar-refractivity contribution is 5.96. The molecule has 0 N–H and O–H groups in total. The fourth-order valence-electron chi connectivity index (χ4n) is 2.62. The van der Waals surface area contributed by atoms with Crippen LogP contribution in [0, 0.1) is 5.92 Å². The first-order valence-corrected chi connectivity index (χ1v) is 6.43. The maximum atomic E-state index is 12.1. The Morgan fingerprint density at radius 3 is 2.72 bits per heavy atom. The van der Waals surface area contributed by atoms with Crippen LogP contribution < -0.4 is 0 Å². The topological polar surface area (TPSA) is 65.8 Å². The molecule has 0 saturated heterocycles. The van der Waals surface area contributed by atoms with Crippen LogP contribution in [0.15, 0.2) is 35.4 Å². The number of ketones is 1. The van der Waals surface area contributed by atoms with Crippen LogP contribution in [-0.2, 0) is 0 Å². The van der Waals surface area contributed by atoms with E-state index in [2.05, 4.69) is 10.0 Å². The zero-order valence-electron chi connectivity index (χ0n) is 10.3. The number of carbonyl (C=O) groups is 1. The number of nitrogens with zero attached hydrogens (tertiary/aromatic N) is 3. The highest BCUT2D eigenvalue weighted by Gasteiger charge is 2.26. The SMILES string of the molecule is [N-]=[N+]=NC1CCCCC1CC(=O)c1ccccc1. The van der Waals surface area contributed by atoms with Crippen molar-refractivity contribution in [2.45, 2.75) is 38.1 Å². The van der Waals surface area contributed by atoms with E-state index in [1.54, 1.807) is 0 Å². The summed E-state index contributed by atoms with van der Waals surface area (Å²) in [6, 6.07) is 9.33. The Morgan fingerprint density at radius 1 is 1.28 bits per heavy atom. The Bertz CT molecular complexity index is 451. The fourth-order valence-corrected chi connectivity index (χ4v) is 2.62. The molecule has 1 saturated carbocycles. The van der Waals surface area contributed by atoms with Gasteiger partial charge < -0.3 is 0 Å². The lowest BCUT2D eigenvalue weighted by Gasteiger charge is -2.27. The number of hydrogen-bond acceptors (Lipinski definition) is 2. The molecule has 1 aliphatic rings. The van der Waals surface area contributed by atoms with Gasteiger partial charge in [0.05, 0.1) is 0 Å². The molecule has 0 radical (unpaired) electrons. The molecule has 0 aromatic heterocycles. The van der Waals surface area contributed by atoms with Gasteiger partial charge in [0.1, 0.15) is 0 Å². The zero-order valence-corrected chi connectivity index (χ0v) is 10.3. The van der Waals surface area contributed by atoms with E-state index in [-0.39, 0.29) is 17.7 Å². The number of rotatable bonds is 4. The first kappa shape index (κ1) is 12.7. The minimum Gasteiger partial charge on any atom is -0.294 e. The Morgan fingerprint density at radius 2 is 2.00 bits per heavy atom. The van der Waals surface area contributed by atoms with Gasteiger partial charge in [-0.25, -0.2) is 0 Å². The quantitative estimate of drug-likeness (QED) is 0.339. The lowest BCUT2D eigenvalue weighted by atomic mass is 9.81. The maximum Gasteiger partial charge on any atom is 0.163 e. The summed E-state index contributed by atoms with van der Waals surface area (Å²) in [5.74, 6) is 0.364. The third-order valence-corrected chi connectivity index (χ3v) is 3.61. The van der Waals surface area contributed by atoms with E-state index in [0.29, 0.717) is 6.42 Å². The second-order valence-corrected chi connectivity index (χ2v) is 4.81. The van der Waals surface area contributed by atoms with Crippen LogP contribution in [0.5, 0.6) is 0 Å². The van der Waals surface area contributed by atoms with E-state index in [1.165, 1.54) is 0 Å². The molecular weight excluding hydrogens is 226 g/mol. The minimum atomic E-state index is -0.00332. The van der Waals surface area contributed by atoms with Gasteiger partial charge in [-0.1, -0.05) is 48.3 Å². The van der Waals surface area contributed by atoms with Gasteiger partial charge in [-0.3, -0.25) is 4.79 Å². The Balaban J connectivity index is 2.03. The molecule has 0 aliphatic heterocycles. The number of benzene rings is 1. The molecular formula is C14H17N3O. The number of Topliss-reactive ketones (excluding diaryl/α,β-unsaturated/α-hetero) is 1. The second kappa shape index (κ2) is 6.22. The monoisotopic (exact) mass is 243 g/mol. The summed E-state index contributed by atoms with van der Waals surface area (Å²) >= 11 is 0. The van der Waals surface area contributed by atoms with E-state index in [1.807, 2.05) is 30.3 Å². The van der Waals surface area contributed by atoms with E-state index in [0.717, 1.165) is 31.2 Å². The molecule has 0 heterocycles. The van der Waals surface area contributed by atoms with Crippen molar-refractivity contribution in [2.75, 3.05) is 0 Å². The average Bonchev–Trinajstić information content (AvgIpc) is 2.42. The lowest BCUT2D eigenvalue weighted by molar-refractivity contribution is 0.0942. The van der Waals surface area contributed by atoms with Gasteiger partial charge in [0, 0.05) is 22.9 Å². The zero-order chi connectivity index (χ0) is 12.8. The van der Waals surface area contributed by atoms with Gasteiger partial charge >= 0.3 is 0 Å². The maximum absolute atomic E-state index is 12.1. The lowest BCUT2D eigenvalue weighted by Crippen LogP contribution is -2.25. The third-order valence-electron chi connectivity index (χ3n) is 3.61. The molecule has 1 aromatic carbocycles. The van der Waals surface area contributed by atoms with Crippen LogP contribution in [0.4, 0.5) is 0 Å². The van der Waals surface area contributed by atoms with Crippen molar-refractivity contribution in [1.82, 2.24) is 0 Å². The van der Waals surface area contributed by atoms with Crippen molar-refractivity contribution in [3.05, 3.63) is 46.3 Å². The van der Waals surface area contributed by atoms with Crippen molar-refractivity contribution in [1.29, 1.82) is 0 Å². The first-order valence-electron chi connectivity index (χ1n) is 6.43. The summed E-state index contributed by atoms with van der Waals surface area (Å²) in [4.78, 5) is 15.0. The predicted molar refractivity (Wildman–Crippen MR) is 70.3 cm³/mol. The van der Waals surface area contributed by atoms with Gasteiger partial charge in [0.15, 0.2) is 5.78 Å². The summed E-state index contributed by atoms with van der Waals surface area (Å²) in [5, 5.41) is 3.84. The number of hydrogen-bond donors (Lipinski definition) is 0. The molecule has 4 nitrogen and oxygen atoms in total. The average molecular weight is 243 g/mol. The van der Waals surface area contributed by atoms with Gasteiger partial charge in [-0.2, -0.15) is 0 Å². The third kappa shape index (κ3) is 3.11. The van der Waals surface area contributed by atoms with Crippen LogP contribution in [0.2, 0.25) is 0 Å². The van der Waals surface area contributed by atoms with E-state index in [4.69, 9.17) is 5.53 Å². The van der Waals surface area contributed by atoms with Crippen LogP contribution >= 0.6 is 0 Å². The number of carbonyl (C=O) groups excluding carboxylic acids is 1. The molecule has 2 unspecified atom stereocenters. The molecule has 2 rings (SSSR count). The smallest absolute Gasteiger partial charge is 0.163 e. The predicted octanol–water partition coefficient (Wildman–Crippen LogP) is 4.13. The molecule has 0 bridgehead atoms. The Labute approximate surface area is 107 Å². The highest BCUT2D eigenvalue weighted by atomic mass is 16.1. The van der Waals surface area contributed by atoms with Crippen molar-refractivity contribution in [3.63, 3.8) is 0 Å². The Hall–Kier alpha value is -1.80. The van der Waals surface area contributed by atoms with E-state index >= 15 is 0 Å². The molecule has 2 atom stereocenters. The minimum absolute atomic E-state index is 0.00332. The van der Waals surface area contributed by atoms with Crippen molar-refractivity contribution >= 4 is 5.78 Å². The van der Waals surface area contributed by atoms with E-state index < -0.39 is 0 Å². The Kier molecular flexibility index (Phi) is 4.37. The summed E-state index contributed by atoms with van der Waals surface area (Å²) in [5.41, 5.74) is 9.31. The molecule has 18 heavy (non-hydrogen) atoms. The first-order chi connectivity index (χ1) is 8.81. The van der Waals surface area contributed by atoms with Crippen molar-refractivity contribution < 1.29 is 4.79 Å². The molecule has 1 fully saturated rings. The van der Waals surface area contributed by atoms with Gasteiger partial charge in [0.2, 0.25) is 0 Å². The molecule has 0 spiro atoms. The summed E-state index contributed by atoms with van der Waals surface area (Å²) in [6.07, 6.45) is 4.62. The van der Waals surface area contributed by atoms with Crippen LogP contribution in [0.1, 0.15) is 42.5 Å². The normalized spacial score (nSPS) is 23.1. The van der Waals surface area contributed by atoms with Gasteiger partial charge in [0.25, 0.3) is 0 Å². The van der Waals surface area contributed by atoms with Crippen LogP contribution in [-0.4, -0.2) is 11.8 Å². The molecule has 0 amide bonds. The summed E-state index contributed by atoms with van der Waals surface area (Å²) < 4.78 is 0. The van der Waals surface area contributed by atoms with Gasteiger partial charge in [-0.05, 0) is 24.3 Å². The van der Waals surface area contributed by atoms with Crippen LogP contribution in [0.25, 0.3) is 10.4 Å². The fraction of sp³-hybridized carbons (Fsp3) is 0.500. The van der Waals surface area contributed by atoms with E-state index in [9.17, 15) is 4.79 Å².